The van der Waals surface area contributed by atoms with E-state index in [9.17, 15) is 24.6 Å². The minimum absolute atomic E-state index is 0.0629. The van der Waals surface area contributed by atoms with Crippen LogP contribution in [0, 0.1) is 18.3 Å². The van der Waals surface area contributed by atoms with Crippen molar-refractivity contribution in [2.45, 2.75) is 31.6 Å². The van der Waals surface area contributed by atoms with E-state index < -0.39 is 29.7 Å². The van der Waals surface area contributed by atoms with Gasteiger partial charge in [0.25, 0.3) is 0 Å². The third kappa shape index (κ3) is 6.13. The number of carboxylic acid groups (broad SMARTS) is 2. The number of esters is 1. The molecule has 0 radical (unpaired) electrons. The Hall–Kier alpha value is -2.81. The summed E-state index contributed by atoms with van der Waals surface area (Å²) in [7, 11) is 0. The van der Waals surface area contributed by atoms with E-state index in [2.05, 4.69) is 5.92 Å². The molecule has 1 aromatic rings. The van der Waals surface area contributed by atoms with Gasteiger partial charge in [0.15, 0.2) is 5.92 Å². The maximum Gasteiger partial charge on any atom is 0.320 e. The maximum atomic E-state index is 12.0. The predicted molar refractivity (Wildman–Crippen MR) is 86.2 cm³/mol. The Morgan fingerprint density at radius 2 is 1.75 bits per heavy atom. The van der Waals surface area contributed by atoms with Crippen LogP contribution in [0.1, 0.15) is 37.2 Å². The average molecular weight is 332 g/mol. The zero-order valence-corrected chi connectivity index (χ0v) is 13.2. The fourth-order valence-corrected chi connectivity index (χ4v) is 2.20. The number of hydrogen-bond acceptors (Lipinski definition) is 4. The van der Waals surface area contributed by atoms with E-state index in [1.807, 2.05) is 0 Å². The molecule has 128 valence electrons. The van der Waals surface area contributed by atoms with Crippen LogP contribution in [0.15, 0.2) is 30.3 Å². The molecule has 1 aromatic carbocycles. The van der Waals surface area contributed by atoms with E-state index >= 15 is 0 Å². The van der Waals surface area contributed by atoms with Gasteiger partial charge in [-0.15, -0.1) is 12.3 Å². The SMILES string of the molecule is C#CCCCCOC(=O)C(CC(C(=O)O)c1ccccc1)C(=O)O. The van der Waals surface area contributed by atoms with Gasteiger partial charge in [-0.3, -0.25) is 14.4 Å². The van der Waals surface area contributed by atoms with E-state index in [1.54, 1.807) is 30.3 Å². The van der Waals surface area contributed by atoms with Crippen LogP contribution in [-0.4, -0.2) is 34.7 Å². The van der Waals surface area contributed by atoms with Crippen LogP contribution in [0.5, 0.6) is 0 Å². The molecule has 0 saturated carbocycles. The molecule has 24 heavy (non-hydrogen) atoms. The monoisotopic (exact) mass is 332 g/mol. The standard InChI is InChI=1S/C18H20O6/c1-2-3-4-8-11-24-18(23)15(17(21)22)12-14(16(19)20)13-9-6-5-7-10-13/h1,5-7,9-10,14-15H,3-4,8,11-12H2,(H,19,20)(H,21,22). The second-order valence-corrected chi connectivity index (χ2v) is 5.26. The molecule has 2 atom stereocenters. The third-order valence-electron chi connectivity index (χ3n) is 3.51. The molecule has 0 amide bonds. The van der Waals surface area contributed by atoms with Crippen molar-refractivity contribution in [2.75, 3.05) is 6.61 Å². The smallest absolute Gasteiger partial charge is 0.320 e. The molecule has 0 aliphatic rings. The van der Waals surface area contributed by atoms with Gasteiger partial charge in [-0.25, -0.2) is 0 Å². The van der Waals surface area contributed by atoms with Gasteiger partial charge in [0.2, 0.25) is 0 Å². The predicted octanol–water partition coefficient (Wildman–Crippen LogP) is 2.29. The highest BCUT2D eigenvalue weighted by Gasteiger charge is 2.34. The quantitative estimate of drug-likeness (QED) is 0.295. The Morgan fingerprint density at radius 3 is 2.29 bits per heavy atom. The minimum atomic E-state index is -1.53. The number of aliphatic carboxylic acids is 2. The van der Waals surface area contributed by atoms with E-state index in [-0.39, 0.29) is 13.0 Å². The highest BCUT2D eigenvalue weighted by atomic mass is 16.5. The number of carboxylic acids is 2. The van der Waals surface area contributed by atoms with Crippen molar-refractivity contribution in [3.8, 4) is 12.3 Å². The van der Waals surface area contributed by atoms with Gasteiger partial charge in [0.05, 0.1) is 12.5 Å². The number of carbonyl (C=O) groups is 3. The molecule has 0 spiro atoms. The van der Waals surface area contributed by atoms with Crippen molar-refractivity contribution in [1.29, 1.82) is 0 Å². The first-order chi connectivity index (χ1) is 11.5. The molecule has 0 aliphatic carbocycles. The number of unbranched alkanes of at least 4 members (excludes halogenated alkanes) is 2. The molecule has 2 N–H and O–H groups in total. The number of carbonyl (C=O) groups excluding carboxylic acids is 1. The van der Waals surface area contributed by atoms with E-state index in [1.165, 1.54) is 0 Å². The van der Waals surface area contributed by atoms with Crippen molar-refractivity contribution >= 4 is 17.9 Å². The fraction of sp³-hybridized carbons (Fsp3) is 0.389. The molecular weight excluding hydrogens is 312 g/mol. The molecule has 0 aromatic heterocycles. The van der Waals surface area contributed by atoms with Crippen molar-refractivity contribution in [3.05, 3.63) is 35.9 Å². The van der Waals surface area contributed by atoms with Crippen LogP contribution in [0.4, 0.5) is 0 Å². The van der Waals surface area contributed by atoms with Crippen molar-refractivity contribution in [3.63, 3.8) is 0 Å². The topological polar surface area (TPSA) is 101 Å². The molecule has 0 heterocycles. The van der Waals surface area contributed by atoms with Crippen LogP contribution < -0.4 is 0 Å². The summed E-state index contributed by atoms with van der Waals surface area (Å²) < 4.78 is 4.95. The lowest BCUT2D eigenvalue weighted by atomic mass is 9.89. The summed E-state index contributed by atoms with van der Waals surface area (Å²) in [6.07, 6.45) is 6.49. The van der Waals surface area contributed by atoms with Crippen LogP contribution >= 0.6 is 0 Å². The summed E-state index contributed by atoms with van der Waals surface area (Å²) >= 11 is 0. The van der Waals surface area contributed by atoms with Gasteiger partial charge >= 0.3 is 17.9 Å². The highest BCUT2D eigenvalue weighted by molar-refractivity contribution is 5.94. The van der Waals surface area contributed by atoms with Crippen molar-refractivity contribution in [1.82, 2.24) is 0 Å². The van der Waals surface area contributed by atoms with Crippen LogP contribution in [0.25, 0.3) is 0 Å². The van der Waals surface area contributed by atoms with Crippen LogP contribution in [0.2, 0.25) is 0 Å². The lowest BCUT2D eigenvalue weighted by Crippen LogP contribution is -2.30. The summed E-state index contributed by atoms with van der Waals surface area (Å²) in [6, 6.07) is 8.21. The summed E-state index contributed by atoms with van der Waals surface area (Å²) in [6.45, 7) is 0.0629. The molecule has 6 heteroatoms. The van der Waals surface area contributed by atoms with Gasteiger partial charge in [-0.05, 0) is 24.8 Å². The molecule has 0 fully saturated rings. The first kappa shape index (κ1) is 19.2. The highest BCUT2D eigenvalue weighted by Crippen LogP contribution is 2.25. The molecule has 0 bridgehead atoms. The number of ether oxygens (including phenoxy) is 1. The normalized spacial score (nSPS) is 12.6. The van der Waals surface area contributed by atoms with Crippen LogP contribution in [-0.2, 0) is 19.1 Å². The Morgan fingerprint density at radius 1 is 1.08 bits per heavy atom. The van der Waals surface area contributed by atoms with Gasteiger partial charge < -0.3 is 14.9 Å². The number of rotatable bonds is 10. The van der Waals surface area contributed by atoms with E-state index in [0.717, 1.165) is 0 Å². The Balaban J connectivity index is 2.73. The maximum absolute atomic E-state index is 12.0. The lowest BCUT2D eigenvalue weighted by Gasteiger charge is -2.17. The van der Waals surface area contributed by atoms with Crippen molar-refractivity contribution in [2.24, 2.45) is 5.92 Å². The number of terminal acetylenes is 1. The van der Waals surface area contributed by atoms with Gasteiger partial charge in [-0.1, -0.05) is 30.3 Å². The molecule has 2 unspecified atom stereocenters. The number of benzene rings is 1. The average Bonchev–Trinajstić information content (AvgIpc) is 2.55. The van der Waals surface area contributed by atoms with Gasteiger partial charge in [0.1, 0.15) is 0 Å². The lowest BCUT2D eigenvalue weighted by molar-refractivity contribution is -0.159. The van der Waals surface area contributed by atoms with Gasteiger partial charge in [-0.2, -0.15) is 0 Å². The van der Waals surface area contributed by atoms with Crippen LogP contribution in [0.3, 0.4) is 0 Å². The minimum Gasteiger partial charge on any atom is -0.481 e. The second-order valence-electron chi connectivity index (χ2n) is 5.26. The summed E-state index contributed by atoms with van der Waals surface area (Å²) in [5.74, 6) is -3.68. The Labute approximate surface area is 140 Å². The molecule has 1 rings (SSSR count). The summed E-state index contributed by atoms with van der Waals surface area (Å²) in [5, 5.41) is 18.6. The first-order valence-electron chi connectivity index (χ1n) is 7.58. The number of hydrogen-bond donors (Lipinski definition) is 2. The molecular formula is C18H20O6. The zero-order valence-electron chi connectivity index (χ0n) is 13.2. The second kappa shape index (κ2) is 10.1. The Bertz CT molecular complexity index is 602. The molecule has 0 saturated heterocycles. The Kier molecular flexibility index (Phi) is 8.06. The first-order valence-corrected chi connectivity index (χ1v) is 7.58. The van der Waals surface area contributed by atoms with E-state index in [4.69, 9.17) is 11.2 Å². The molecule has 0 aliphatic heterocycles. The summed E-state index contributed by atoms with van der Waals surface area (Å²) in [4.78, 5) is 34.8. The van der Waals surface area contributed by atoms with Crippen molar-refractivity contribution < 1.29 is 29.3 Å². The fourth-order valence-electron chi connectivity index (χ4n) is 2.20. The largest absolute Gasteiger partial charge is 0.481 e. The van der Waals surface area contributed by atoms with Gasteiger partial charge in [0, 0.05) is 6.42 Å². The third-order valence-corrected chi connectivity index (χ3v) is 3.51. The summed E-state index contributed by atoms with van der Waals surface area (Å²) in [5.41, 5.74) is 0.443. The molecule has 6 nitrogen and oxygen atoms in total. The zero-order chi connectivity index (χ0) is 17.9. The van der Waals surface area contributed by atoms with E-state index in [0.29, 0.717) is 24.8 Å².